The summed E-state index contributed by atoms with van der Waals surface area (Å²) in [7, 11) is -4.18. The summed E-state index contributed by atoms with van der Waals surface area (Å²) >= 11 is 0. The number of imidazole rings is 1. The van der Waals surface area contributed by atoms with Crippen molar-refractivity contribution in [1.29, 1.82) is 0 Å². The minimum Gasteiger partial charge on any atom is -0.366 e. The van der Waals surface area contributed by atoms with E-state index in [0.29, 0.717) is 24.1 Å². The number of anilines is 1. The average molecular weight is 451 g/mol. The number of hydrogen-bond acceptors (Lipinski definition) is 9. The van der Waals surface area contributed by atoms with Gasteiger partial charge in [0.2, 0.25) is 0 Å². The summed E-state index contributed by atoms with van der Waals surface area (Å²) in [6.07, 6.45) is 6.45. The van der Waals surface area contributed by atoms with E-state index >= 15 is 0 Å². The SMILES string of the molecule is C[C@H](Cn1cnc2c(NP3(=O)OCCC(c4cccnc4)O3)ncnc21)OC[PH]=O. The second-order valence-corrected chi connectivity index (χ2v) is 8.93. The van der Waals surface area contributed by atoms with E-state index in [0.717, 1.165) is 5.56 Å². The van der Waals surface area contributed by atoms with Crippen molar-refractivity contribution in [2.24, 2.45) is 0 Å². The van der Waals surface area contributed by atoms with Gasteiger partial charge in [-0.25, -0.2) is 19.5 Å². The fourth-order valence-corrected chi connectivity index (χ4v) is 4.98. The van der Waals surface area contributed by atoms with Crippen LogP contribution in [-0.4, -0.2) is 43.6 Å². The van der Waals surface area contributed by atoms with Crippen molar-refractivity contribution in [3.8, 4) is 0 Å². The Kier molecular flexibility index (Phi) is 6.46. The van der Waals surface area contributed by atoms with Gasteiger partial charge in [-0.05, 0) is 18.6 Å². The maximum absolute atomic E-state index is 13.2. The average Bonchev–Trinajstić information content (AvgIpc) is 3.16. The topological polar surface area (TPSA) is 130 Å². The lowest BCUT2D eigenvalue weighted by Gasteiger charge is -2.29. The molecule has 3 aromatic heterocycles. The summed E-state index contributed by atoms with van der Waals surface area (Å²) in [5, 5.41) is 2.79. The Morgan fingerprint density at radius 1 is 1.43 bits per heavy atom. The summed E-state index contributed by atoms with van der Waals surface area (Å²) in [6.45, 7) is 2.60. The van der Waals surface area contributed by atoms with Crippen molar-refractivity contribution in [1.82, 2.24) is 24.5 Å². The van der Waals surface area contributed by atoms with Gasteiger partial charge >= 0.3 is 7.75 Å². The highest BCUT2D eigenvalue weighted by Gasteiger charge is 2.36. The number of rotatable bonds is 8. The van der Waals surface area contributed by atoms with E-state index in [1.54, 1.807) is 29.4 Å². The minimum atomic E-state index is -3.67. The molecule has 1 aliphatic heterocycles. The van der Waals surface area contributed by atoms with Crippen molar-refractivity contribution in [3.05, 3.63) is 42.7 Å². The Morgan fingerprint density at radius 2 is 2.33 bits per heavy atom. The molecule has 1 aliphatic rings. The van der Waals surface area contributed by atoms with E-state index in [4.69, 9.17) is 13.8 Å². The number of fused-ring (bicyclic) bond motifs is 1. The van der Waals surface area contributed by atoms with Crippen LogP contribution in [0.25, 0.3) is 11.2 Å². The predicted octanol–water partition coefficient (Wildman–Crippen LogP) is 3.31. The third-order valence-corrected chi connectivity index (χ3v) is 6.31. The molecular weight excluding hydrogens is 430 g/mol. The minimum absolute atomic E-state index is 0.172. The van der Waals surface area contributed by atoms with Crippen LogP contribution < -0.4 is 5.09 Å². The van der Waals surface area contributed by atoms with Gasteiger partial charge in [0.05, 0.1) is 40.1 Å². The molecule has 159 valence electrons. The maximum atomic E-state index is 13.2. The molecule has 4 atom stereocenters. The number of pyridine rings is 1. The van der Waals surface area contributed by atoms with Gasteiger partial charge < -0.3 is 9.30 Å². The van der Waals surface area contributed by atoms with Crippen LogP contribution in [0.2, 0.25) is 0 Å². The summed E-state index contributed by atoms with van der Waals surface area (Å²) < 4.78 is 42.3. The van der Waals surface area contributed by atoms with Crippen LogP contribution >= 0.6 is 16.2 Å². The molecule has 0 bridgehead atoms. The van der Waals surface area contributed by atoms with Gasteiger partial charge in [0, 0.05) is 18.8 Å². The standard InChI is InChI=1S/C17H21N6O5P2/c1-12(26-11-29-24)8-23-10-21-15-16(19-9-20-17(15)23)22-30(25)27-6-4-14(28-30)13-3-2-5-18-7-13/h2-3,5,7,9-10,12,14,29H,4,6,8,11H2,1H3,(H,19,20,22,25)/t12-,14?,30?/m1/s1. The molecule has 0 aromatic carbocycles. The van der Waals surface area contributed by atoms with Crippen molar-refractivity contribution < 1.29 is 22.9 Å². The first-order valence-electron chi connectivity index (χ1n) is 9.31. The fraction of sp³-hybridized carbons (Fsp3) is 0.412. The summed E-state index contributed by atoms with van der Waals surface area (Å²) in [5.74, 6) is 0.253. The summed E-state index contributed by atoms with van der Waals surface area (Å²) in [6, 6.07) is 3.67. The Morgan fingerprint density at radius 3 is 3.13 bits per heavy atom. The van der Waals surface area contributed by atoms with Crippen LogP contribution in [0.4, 0.5) is 5.82 Å². The van der Waals surface area contributed by atoms with Crippen molar-refractivity contribution in [2.75, 3.05) is 18.0 Å². The Labute approximate surface area is 174 Å². The van der Waals surface area contributed by atoms with Gasteiger partial charge in [-0.3, -0.25) is 23.7 Å². The molecule has 1 radical (unpaired) electrons. The Bertz CT molecular complexity index is 1070. The molecule has 1 N–H and O–H groups in total. The highest BCUT2D eigenvalue weighted by Crippen LogP contribution is 2.55. The number of hydrogen-bond donors (Lipinski definition) is 1. The maximum Gasteiger partial charge on any atom is 0.434 e. The van der Waals surface area contributed by atoms with E-state index in [1.165, 1.54) is 6.33 Å². The Hall–Kier alpha value is -2.29. The van der Waals surface area contributed by atoms with Gasteiger partial charge in [0.1, 0.15) is 12.7 Å². The first kappa shape index (κ1) is 21.0. The number of nitrogens with zero attached hydrogens (tertiary/aromatic N) is 5. The highest BCUT2D eigenvalue weighted by molar-refractivity contribution is 7.55. The van der Waals surface area contributed by atoms with E-state index < -0.39 is 22.3 Å². The van der Waals surface area contributed by atoms with Crippen LogP contribution in [0, 0.1) is 0 Å². The third kappa shape index (κ3) is 4.71. The second kappa shape index (κ2) is 9.24. The van der Waals surface area contributed by atoms with E-state index in [2.05, 4.69) is 25.0 Å². The molecule has 11 nitrogen and oxygen atoms in total. The number of nitrogens with one attached hydrogen (secondary N) is 1. The molecule has 0 saturated carbocycles. The van der Waals surface area contributed by atoms with E-state index in [-0.39, 0.29) is 24.9 Å². The summed E-state index contributed by atoms with van der Waals surface area (Å²) in [4.78, 5) is 16.9. The molecule has 4 rings (SSSR count). The zero-order valence-corrected chi connectivity index (χ0v) is 18.1. The number of ether oxygens (including phenoxy) is 1. The van der Waals surface area contributed by atoms with Gasteiger partial charge in [0.25, 0.3) is 0 Å². The van der Waals surface area contributed by atoms with Crippen molar-refractivity contribution in [2.45, 2.75) is 32.1 Å². The first-order valence-corrected chi connectivity index (χ1v) is 12.0. The molecule has 3 unspecified atom stereocenters. The van der Waals surface area contributed by atoms with Crippen LogP contribution in [0.5, 0.6) is 0 Å². The lowest BCUT2D eigenvalue weighted by atomic mass is 10.1. The highest BCUT2D eigenvalue weighted by atomic mass is 31.2. The zero-order valence-electron chi connectivity index (χ0n) is 16.2. The van der Waals surface area contributed by atoms with Gasteiger partial charge in [-0.15, -0.1) is 0 Å². The molecule has 30 heavy (non-hydrogen) atoms. The first-order chi connectivity index (χ1) is 14.6. The molecule has 1 fully saturated rings. The van der Waals surface area contributed by atoms with E-state index in [9.17, 15) is 9.13 Å². The monoisotopic (exact) mass is 451 g/mol. The number of aromatic nitrogens is 5. The molecule has 0 amide bonds. The molecular formula is C17H21N6O5P2. The van der Waals surface area contributed by atoms with Crippen LogP contribution in [0.1, 0.15) is 25.0 Å². The fourth-order valence-electron chi connectivity index (χ4n) is 3.11. The third-order valence-electron chi connectivity index (χ3n) is 4.49. The molecule has 0 spiro atoms. The van der Waals surface area contributed by atoms with Crippen LogP contribution in [0.3, 0.4) is 0 Å². The second-order valence-electron chi connectivity index (χ2n) is 6.67. The molecule has 4 heterocycles. The van der Waals surface area contributed by atoms with Gasteiger partial charge in [0.15, 0.2) is 17.0 Å². The Balaban J connectivity index is 1.53. The molecule has 3 aromatic rings. The van der Waals surface area contributed by atoms with E-state index in [1.807, 2.05) is 13.0 Å². The van der Waals surface area contributed by atoms with Crippen molar-refractivity contribution >= 4 is 33.2 Å². The van der Waals surface area contributed by atoms with Gasteiger partial charge in [-0.2, -0.15) is 0 Å². The molecule has 13 heteroatoms. The van der Waals surface area contributed by atoms with Crippen molar-refractivity contribution in [3.63, 3.8) is 0 Å². The summed E-state index contributed by atoms with van der Waals surface area (Å²) in [5.41, 5.74) is 1.80. The lowest BCUT2D eigenvalue weighted by Crippen LogP contribution is -2.18. The van der Waals surface area contributed by atoms with Crippen LogP contribution in [-0.2, 0) is 29.5 Å². The largest absolute Gasteiger partial charge is 0.434 e. The molecule has 0 aliphatic carbocycles. The quantitative estimate of drug-likeness (QED) is 0.509. The van der Waals surface area contributed by atoms with Gasteiger partial charge in [-0.1, -0.05) is 6.07 Å². The predicted molar refractivity (Wildman–Crippen MR) is 110 cm³/mol. The lowest BCUT2D eigenvalue weighted by molar-refractivity contribution is 0.0840. The zero-order chi connectivity index (χ0) is 21.0. The normalized spacial score (nSPS) is 22.9. The van der Waals surface area contributed by atoms with Crippen LogP contribution in [0.15, 0.2) is 37.2 Å². The smallest absolute Gasteiger partial charge is 0.366 e. The molecule has 1 saturated heterocycles.